The molecule has 8 nitrogen and oxygen atoms in total. The molecule has 8 bridgehead atoms. The van der Waals surface area contributed by atoms with E-state index < -0.39 is 23.7 Å². The number of aryl methyl sites for hydroxylation is 8. The van der Waals surface area contributed by atoms with Gasteiger partial charge in [0.15, 0.2) is 0 Å². The van der Waals surface area contributed by atoms with Crippen molar-refractivity contribution in [2.45, 2.75) is 79.1 Å². The van der Waals surface area contributed by atoms with Crippen molar-refractivity contribution in [3.63, 3.8) is 0 Å². The van der Waals surface area contributed by atoms with Crippen molar-refractivity contribution in [3.05, 3.63) is 233 Å². The second kappa shape index (κ2) is 19.4. The third-order valence-electron chi connectivity index (χ3n) is 14.9. The summed E-state index contributed by atoms with van der Waals surface area (Å²) in [5.41, 5.74) is 16.9. The zero-order valence-corrected chi connectivity index (χ0v) is 43.3. The van der Waals surface area contributed by atoms with Crippen LogP contribution in [0, 0.1) is 55.4 Å². The average Bonchev–Trinajstić information content (AvgIpc) is 3.33. The Morgan fingerprint density at radius 2 is 0.444 bits per heavy atom. The molecule has 0 aliphatic heterocycles. The molecule has 4 N–H and O–H groups in total. The molecule has 0 saturated carbocycles. The third kappa shape index (κ3) is 8.63. The van der Waals surface area contributed by atoms with E-state index in [1.54, 1.807) is 52.7 Å². The molecule has 72 heavy (non-hydrogen) atoms. The number of benzene rings is 8. The normalized spacial score (nSPS) is 16.3. The summed E-state index contributed by atoms with van der Waals surface area (Å²) < 4.78 is 25.1. The number of methoxy groups -OCH3 is 4. The zero-order chi connectivity index (χ0) is 51.4. The van der Waals surface area contributed by atoms with Crippen molar-refractivity contribution in [1.82, 2.24) is 0 Å². The maximum atomic E-state index is 12.6. The lowest BCUT2D eigenvalue weighted by Crippen LogP contribution is -2.15. The Balaban J connectivity index is 1.55. The molecule has 9 rings (SSSR count). The number of rotatable bonds is 8. The fraction of sp³-hybridized carbons (Fsp3) is 0.250. The maximum absolute atomic E-state index is 12.6. The Bertz CT molecular complexity index is 3420. The summed E-state index contributed by atoms with van der Waals surface area (Å²) in [6, 6.07) is 39.9. The molecule has 1 aliphatic carbocycles. The van der Waals surface area contributed by atoms with E-state index >= 15 is 0 Å². The summed E-state index contributed by atoms with van der Waals surface area (Å²) in [4.78, 5) is 0. The predicted octanol–water partition coefficient (Wildman–Crippen LogP) is 14.0. The van der Waals surface area contributed by atoms with Crippen LogP contribution in [0.5, 0.6) is 46.0 Å². The minimum atomic E-state index is -0.751. The molecule has 0 heterocycles. The number of ether oxygens (including phenoxy) is 4. The molecule has 4 atom stereocenters. The van der Waals surface area contributed by atoms with E-state index in [0.717, 1.165) is 77.9 Å². The summed E-state index contributed by atoms with van der Waals surface area (Å²) in [6.45, 7) is 16.5. The summed E-state index contributed by atoms with van der Waals surface area (Å²) in [6.07, 6.45) is 0. The molecule has 0 aromatic heterocycles. The number of fused-ring (bicyclic) bond motifs is 8. The van der Waals surface area contributed by atoms with Gasteiger partial charge in [-0.25, -0.2) is 0 Å². The Hall–Kier alpha value is -7.84. The number of hydrogen-bond donors (Lipinski definition) is 4. The first-order valence-electron chi connectivity index (χ1n) is 24.4. The van der Waals surface area contributed by atoms with Gasteiger partial charge in [-0.2, -0.15) is 0 Å². The molecule has 368 valence electrons. The van der Waals surface area contributed by atoms with E-state index in [4.69, 9.17) is 18.9 Å². The van der Waals surface area contributed by atoms with Gasteiger partial charge in [0.25, 0.3) is 0 Å². The molecule has 8 aromatic rings. The molecule has 1 aliphatic rings. The summed E-state index contributed by atoms with van der Waals surface area (Å²) in [7, 11) is 6.38. The summed E-state index contributed by atoms with van der Waals surface area (Å²) in [5, 5.41) is 50.4. The first-order chi connectivity index (χ1) is 34.5. The van der Waals surface area contributed by atoms with Crippen molar-refractivity contribution in [2.24, 2.45) is 0 Å². The lowest BCUT2D eigenvalue weighted by atomic mass is 9.73. The minimum absolute atomic E-state index is 0.00166. The highest BCUT2D eigenvalue weighted by molar-refractivity contribution is 5.69. The van der Waals surface area contributed by atoms with Crippen LogP contribution in [0.15, 0.2) is 121 Å². The Labute approximate surface area is 423 Å². The molecular formula is C64H64O8. The Morgan fingerprint density at radius 1 is 0.250 bits per heavy atom. The van der Waals surface area contributed by atoms with Crippen LogP contribution in [0.25, 0.3) is 0 Å². The van der Waals surface area contributed by atoms with Crippen LogP contribution in [0.1, 0.15) is 135 Å². The lowest BCUT2D eigenvalue weighted by molar-refractivity contribution is 0.393. The Kier molecular flexibility index (Phi) is 13.2. The van der Waals surface area contributed by atoms with E-state index in [0.29, 0.717) is 56.4 Å². The van der Waals surface area contributed by atoms with E-state index in [2.05, 4.69) is 108 Å². The van der Waals surface area contributed by atoms with Gasteiger partial charge in [0.05, 0.1) is 28.4 Å². The maximum Gasteiger partial charge on any atom is 0.126 e. The topological polar surface area (TPSA) is 118 Å². The van der Waals surface area contributed by atoms with Crippen LogP contribution >= 0.6 is 0 Å². The summed E-state index contributed by atoms with van der Waals surface area (Å²) in [5.74, 6) is -1.11. The van der Waals surface area contributed by atoms with Gasteiger partial charge in [0.2, 0.25) is 0 Å². The third-order valence-corrected chi connectivity index (χ3v) is 14.9. The Morgan fingerprint density at radius 3 is 0.639 bits per heavy atom. The molecule has 8 heteroatoms. The van der Waals surface area contributed by atoms with E-state index in [9.17, 15) is 20.4 Å². The highest BCUT2D eigenvalue weighted by atomic mass is 16.5. The molecule has 0 amide bonds. The minimum Gasteiger partial charge on any atom is -0.507 e. The smallest absolute Gasteiger partial charge is 0.126 e. The number of phenolic OH excluding ortho intramolecular Hbond substituents is 4. The first-order valence-corrected chi connectivity index (χ1v) is 24.4. The van der Waals surface area contributed by atoms with Crippen LogP contribution in [0.4, 0.5) is 0 Å². The fourth-order valence-corrected chi connectivity index (χ4v) is 11.6. The largest absolute Gasteiger partial charge is 0.507 e. The van der Waals surface area contributed by atoms with Crippen molar-refractivity contribution < 1.29 is 39.4 Å². The quantitative estimate of drug-likeness (QED) is 0.119. The predicted molar refractivity (Wildman–Crippen MR) is 286 cm³/mol. The van der Waals surface area contributed by atoms with Crippen LogP contribution in [0.2, 0.25) is 0 Å². The van der Waals surface area contributed by atoms with Crippen LogP contribution in [0.3, 0.4) is 0 Å². The van der Waals surface area contributed by atoms with Crippen LogP contribution in [-0.4, -0.2) is 48.9 Å². The SMILES string of the molecule is COc1cc(O)c2cc1C(c1ccc(C)cc1C)c1cc(c(OC)cc1O)C(c1ccc(C)cc1C)c1cc(c(OC)cc1O)C(c1ccc(C)cc1C)c1cc(c(O)cc1OC)C2c1ccc(C)cc1C. The highest BCUT2D eigenvalue weighted by Gasteiger charge is 2.37. The highest BCUT2D eigenvalue weighted by Crippen LogP contribution is 2.55. The van der Waals surface area contributed by atoms with Crippen LogP contribution < -0.4 is 18.9 Å². The van der Waals surface area contributed by atoms with E-state index in [-0.39, 0.29) is 23.0 Å². The van der Waals surface area contributed by atoms with Gasteiger partial charge < -0.3 is 39.4 Å². The number of hydrogen-bond acceptors (Lipinski definition) is 8. The molecule has 0 spiro atoms. The molecular weight excluding hydrogens is 897 g/mol. The lowest BCUT2D eigenvalue weighted by Gasteiger charge is -2.32. The molecule has 4 unspecified atom stereocenters. The second-order valence-electron chi connectivity index (χ2n) is 19.8. The molecule has 0 radical (unpaired) electrons. The van der Waals surface area contributed by atoms with Crippen LogP contribution in [-0.2, 0) is 0 Å². The van der Waals surface area contributed by atoms with E-state index in [1.807, 2.05) is 44.2 Å². The van der Waals surface area contributed by atoms with Gasteiger partial charge in [-0.1, -0.05) is 95.1 Å². The molecule has 0 fully saturated rings. The standard InChI is InChI=1S/C64H64O8/c1-33-13-17-41(37(5)21-33)61-45-25-49(57(69-9)29-53(45)65)62(42-18-14-34(2)22-38(42)6)47-27-50(58(70-10)31-55(47)67)63(43-19-15-35(3)23-39(43)7)48-28-52(60(72-12)32-56(48)68)64(44-20-16-36(4)24-40(44)8)51-26-46(61)54(66)30-59(51)71-11/h13-32,61-68H,1-12H3. The van der Waals surface area contributed by atoms with Gasteiger partial charge >= 0.3 is 0 Å². The van der Waals surface area contributed by atoms with Crippen molar-refractivity contribution >= 4 is 0 Å². The number of phenols is 4. The average molecular weight is 961 g/mol. The monoisotopic (exact) mass is 960 g/mol. The van der Waals surface area contributed by atoms with Gasteiger partial charge in [0, 0.05) is 92.4 Å². The molecule has 0 saturated heterocycles. The van der Waals surface area contributed by atoms with Crippen molar-refractivity contribution in [1.29, 1.82) is 0 Å². The van der Waals surface area contributed by atoms with Crippen molar-refractivity contribution in [2.75, 3.05) is 28.4 Å². The summed E-state index contributed by atoms with van der Waals surface area (Å²) >= 11 is 0. The van der Waals surface area contributed by atoms with Gasteiger partial charge in [-0.15, -0.1) is 0 Å². The van der Waals surface area contributed by atoms with Gasteiger partial charge in [-0.05, 0) is 124 Å². The zero-order valence-electron chi connectivity index (χ0n) is 43.3. The van der Waals surface area contributed by atoms with E-state index in [1.165, 1.54) is 0 Å². The van der Waals surface area contributed by atoms with Crippen molar-refractivity contribution in [3.8, 4) is 46.0 Å². The van der Waals surface area contributed by atoms with Gasteiger partial charge in [0.1, 0.15) is 46.0 Å². The number of aromatic hydroxyl groups is 4. The fourth-order valence-electron chi connectivity index (χ4n) is 11.6. The first kappa shape index (κ1) is 49.2. The van der Waals surface area contributed by atoms with Gasteiger partial charge in [-0.3, -0.25) is 0 Å². The second-order valence-corrected chi connectivity index (χ2v) is 19.8. The molecule has 8 aromatic carbocycles.